The van der Waals surface area contributed by atoms with Crippen LogP contribution in [0.3, 0.4) is 0 Å². The Balaban J connectivity index is 2.74. The topological polar surface area (TPSA) is 89.3 Å². The molecule has 1 aromatic carbocycles. The molecular weight excluding hydrogens is 288 g/mol. The van der Waals surface area contributed by atoms with Crippen LogP contribution in [-0.4, -0.2) is 26.6 Å². The molecule has 118 valence electrons. The number of sulfone groups is 1. The normalized spacial score (nSPS) is 14.5. The molecule has 2 atom stereocenters. The summed E-state index contributed by atoms with van der Waals surface area (Å²) in [6.45, 7) is 4.20. The molecule has 3 N–H and O–H groups in total. The Morgan fingerprint density at radius 3 is 2.38 bits per heavy atom. The van der Waals surface area contributed by atoms with Gasteiger partial charge in [-0.25, -0.2) is 8.42 Å². The van der Waals surface area contributed by atoms with E-state index in [1.54, 1.807) is 12.1 Å². The first-order valence-corrected chi connectivity index (χ1v) is 9.08. The van der Waals surface area contributed by atoms with E-state index in [1.807, 2.05) is 26.0 Å². The van der Waals surface area contributed by atoms with Crippen molar-refractivity contribution in [3.8, 4) is 0 Å². The van der Waals surface area contributed by atoms with Crippen molar-refractivity contribution in [2.24, 2.45) is 11.7 Å². The number of nitrogens with one attached hydrogen (secondary N) is 1. The summed E-state index contributed by atoms with van der Waals surface area (Å²) >= 11 is 0. The first-order valence-electron chi connectivity index (χ1n) is 7.02. The van der Waals surface area contributed by atoms with Gasteiger partial charge in [-0.3, -0.25) is 4.79 Å². The summed E-state index contributed by atoms with van der Waals surface area (Å²) in [7, 11) is -3.11. The molecule has 0 aliphatic heterocycles. The maximum atomic E-state index is 12.0. The number of hydrogen-bond acceptors (Lipinski definition) is 4. The van der Waals surface area contributed by atoms with Gasteiger partial charge < -0.3 is 11.1 Å². The number of carbonyl (C=O) groups excluding carboxylic acids is 1. The Kier molecular flexibility index (Phi) is 6.36. The third-order valence-electron chi connectivity index (χ3n) is 3.55. The lowest BCUT2D eigenvalue weighted by Crippen LogP contribution is -2.44. The number of hydrogen-bond donors (Lipinski definition) is 2. The summed E-state index contributed by atoms with van der Waals surface area (Å²) in [5.41, 5.74) is 7.37. The average molecular weight is 312 g/mol. The van der Waals surface area contributed by atoms with Gasteiger partial charge in [-0.05, 0) is 17.0 Å². The fourth-order valence-corrected chi connectivity index (χ4v) is 2.81. The van der Waals surface area contributed by atoms with E-state index in [9.17, 15) is 13.2 Å². The number of benzene rings is 1. The van der Waals surface area contributed by atoms with Crippen molar-refractivity contribution in [3.05, 3.63) is 35.4 Å². The van der Waals surface area contributed by atoms with Gasteiger partial charge in [0.15, 0.2) is 9.84 Å². The molecule has 0 saturated carbocycles. The van der Waals surface area contributed by atoms with E-state index >= 15 is 0 Å². The summed E-state index contributed by atoms with van der Waals surface area (Å²) in [5.74, 6) is -0.133. The van der Waals surface area contributed by atoms with Gasteiger partial charge in [0.05, 0.1) is 11.8 Å². The third kappa shape index (κ3) is 5.85. The molecule has 1 amide bonds. The molecule has 1 rings (SSSR count). The van der Waals surface area contributed by atoms with Crippen LogP contribution in [0.15, 0.2) is 24.3 Å². The standard InChI is InChI=1S/C15H24N2O3S/c1-4-11(2)14(16)15(18)17-9-12-7-5-6-8-13(12)10-21(3,19)20/h5-8,11,14H,4,9-10,16H2,1-3H3,(H,17,18). The molecule has 5 nitrogen and oxygen atoms in total. The average Bonchev–Trinajstić information content (AvgIpc) is 2.42. The zero-order chi connectivity index (χ0) is 16.0. The second kappa shape index (κ2) is 7.56. The van der Waals surface area contributed by atoms with Crippen LogP contribution in [0.2, 0.25) is 0 Å². The number of carbonyl (C=O) groups is 1. The van der Waals surface area contributed by atoms with Crippen molar-refractivity contribution in [1.82, 2.24) is 5.32 Å². The highest BCUT2D eigenvalue weighted by Gasteiger charge is 2.19. The lowest BCUT2D eigenvalue weighted by atomic mass is 9.99. The first-order chi connectivity index (χ1) is 9.74. The van der Waals surface area contributed by atoms with Crippen LogP contribution < -0.4 is 11.1 Å². The molecule has 0 aromatic heterocycles. The molecular formula is C15H24N2O3S. The second-order valence-corrected chi connectivity index (χ2v) is 7.61. The highest BCUT2D eigenvalue weighted by Crippen LogP contribution is 2.12. The van der Waals surface area contributed by atoms with Gasteiger partial charge in [0.25, 0.3) is 0 Å². The van der Waals surface area contributed by atoms with E-state index < -0.39 is 15.9 Å². The predicted molar refractivity (Wildman–Crippen MR) is 84.3 cm³/mol. The lowest BCUT2D eigenvalue weighted by molar-refractivity contribution is -0.123. The fourth-order valence-electron chi connectivity index (χ4n) is 1.97. The Morgan fingerprint density at radius 2 is 1.86 bits per heavy atom. The molecule has 21 heavy (non-hydrogen) atoms. The van der Waals surface area contributed by atoms with E-state index in [4.69, 9.17) is 5.73 Å². The van der Waals surface area contributed by atoms with Gasteiger partial charge in [-0.2, -0.15) is 0 Å². The van der Waals surface area contributed by atoms with E-state index in [0.29, 0.717) is 5.56 Å². The van der Waals surface area contributed by atoms with E-state index in [-0.39, 0.29) is 24.1 Å². The van der Waals surface area contributed by atoms with Gasteiger partial charge in [0, 0.05) is 12.8 Å². The number of nitrogens with two attached hydrogens (primary N) is 1. The molecule has 2 unspecified atom stereocenters. The predicted octanol–water partition coefficient (Wildman–Crippen LogP) is 1.22. The molecule has 1 aromatic rings. The first kappa shape index (κ1) is 17.7. The van der Waals surface area contributed by atoms with Crippen LogP contribution >= 0.6 is 0 Å². The van der Waals surface area contributed by atoms with Crippen LogP contribution in [0.5, 0.6) is 0 Å². The Morgan fingerprint density at radius 1 is 1.29 bits per heavy atom. The molecule has 6 heteroatoms. The zero-order valence-corrected chi connectivity index (χ0v) is 13.6. The van der Waals surface area contributed by atoms with Crippen molar-refractivity contribution in [2.75, 3.05) is 6.26 Å². The molecule has 0 fully saturated rings. The Labute approximate surface area is 126 Å². The van der Waals surface area contributed by atoms with Crippen molar-refractivity contribution in [3.63, 3.8) is 0 Å². The molecule has 0 saturated heterocycles. The van der Waals surface area contributed by atoms with Gasteiger partial charge in [-0.1, -0.05) is 44.5 Å². The maximum Gasteiger partial charge on any atom is 0.237 e. The SMILES string of the molecule is CCC(C)C(N)C(=O)NCc1ccccc1CS(C)(=O)=O. The summed E-state index contributed by atoms with van der Waals surface area (Å²) in [5, 5.41) is 2.78. The van der Waals surface area contributed by atoms with E-state index in [2.05, 4.69) is 5.32 Å². The van der Waals surface area contributed by atoms with Gasteiger partial charge in [-0.15, -0.1) is 0 Å². The van der Waals surface area contributed by atoms with Crippen LogP contribution in [0.25, 0.3) is 0 Å². The van der Waals surface area contributed by atoms with Crippen molar-refractivity contribution >= 4 is 15.7 Å². The van der Waals surface area contributed by atoms with Gasteiger partial charge in [0.1, 0.15) is 0 Å². The summed E-state index contributed by atoms with van der Waals surface area (Å²) in [6, 6.07) is 6.64. The number of amides is 1. The monoisotopic (exact) mass is 312 g/mol. The van der Waals surface area contributed by atoms with E-state index in [1.165, 1.54) is 6.26 Å². The van der Waals surface area contributed by atoms with Crippen molar-refractivity contribution in [2.45, 2.75) is 38.6 Å². The molecule has 0 aliphatic rings. The Hall–Kier alpha value is -1.40. The minimum Gasteiger partial charge on any atom is -0.351 e. The molecule has 0 aliphatic carbocycles. The lowest BCUT2D eigenvalue weighted by Gasteiger charge is -2.18. The largest absolute Gasteiger partial charge is 0.351 e. The minimum atomic E-state index is -3.11. The van der Waals surface area contributed by atoms with Crippen molar-refractivity contribution in [1.29, 1.82) is 0 Å². The molecule has 0 heterocycles. The van der Waals surface area contributed by atoms with Crippen LogP contribution in [-0.2, 0) is 26.9 Å². The van der Waals surface area contributed by atoms with Crippen molar-refractivity contribution < 1.29 is 13.2 Å². The fraction of sp³-hybridized carbons (Fsp3) is 0.533. The van der Waals surface area contributed by atoms with Crippen LogP contribution in [0, 0.1) is 5.92 Å². The van der Waals surface area contributed by atoms with E-state index in [0.717, 1.165) is 12.0 Å². The third-order valence-corrected chi connectivity index (χ3v) is 4.38. The summed E-state index contributed by atoms with van der Waals surface area (Å²) in [4.78, 5) is 12.0. The van der Waals surface area contributed by atoms with Crippen LogP contribution in [0.4, 0.5) is 0 Å². The second-order valence-electron chi connectivity index (χ2n) is 5.47. The highest BCUT2D eigenvalue weighted by atomic mass is 32.2. The summed E-state index contributed by atoms with van der Waals surface area (Å²) in [6.07, 6.45) is 2.03. The molecule has 0 bridgehead atoms. The quantitative estimate of drug-likeness (QED) is 0.792. The maximum absolute atomic E-state index is 12.0. The van der Waals surface area contributed by atoms with Crippen LogP contribution in [0.1, 0.15) is 31.4 Å². The summed E-state index contributed by atoms with van der Waals surface area (Å²) < 4.78 is 22.8. The smallest absolute Gasteiger partial charge is 0.237 e. The number of rotatable bonds is 7. The Bertz CT molecular complexity index is 584. The minimum absolute atomic E-state index is 0.0313. The molecule has 0 spiro atoms. The highest BCUT2D eigenvalue weighted by molar-refractivity contribution is 7.89. The zero-order valence-electron chi connectivity index (χ0n) is 12.8. The molecule has 0 radical (unpaired) electrons. The van der Waals surface area contributed by atoms with Gasteiger partial charge in [0.2, 0.25) is 5.91 Å². The van der Waals surface area contributed by atoms with Gasteiger partial charge >= 0.3 is 0 Å².